The Balaban J connectivity index is 0.000000167. The zero-order valence-electron chi connectivity index (χ0n) is 14.0. The molecule has 1 N–H and O–H groups in total. The molecule has 140 valence electrons. The van der Waals surface area contributed by atoms with E-state index in [1.165, 1.54) is 0 Å². The minimum absolute atomic E-state index is 0. The smallest absolute Gasteiger partial charge is 0.169 e. The molecule has 0 aromatic carbocycles. The highest BCUT2D eigenvalue weighted by Crippen LogP contribution is 2.39. The fraction of sp³-hybridized carbons (Fsp3) is 0.944. The van der Waals surface area contributed by atoms with E-state index in [1.54, 1.807) is 0 Å². The zero-order valence-corrected chi connectivity index (χ0v) is 14.0. The quantitative estimate of drug-likeness (QED) is 0.728. The van der Waals surface area contributed by atoms with E-state index >= 15 is 0 Å². The van der Waals surface area contributed by atoms with E-state index < -0.39 is 5.60 Å². The van der Waals surface area contributed by atoms with E-state index in [-0.39, 0.29) is 19.0 Å². The van der Waals surface area contributed by atoms with Crippen LogP contribution >= 0.6 is 0 Å². The van der Waals surface area contributed by atoms with Crippen LogP contribution in [-0.4, -0.2) is 54.5 Å². The SMILES string of the molecule is C.CC1(O)CCC2(CC1)OCCO2.O=C1CCC2(CC1)OCCO2. The Morgan fingerprint density at radius 1 is 0.750 bits per heavy atom. The molecule has 2 aliphatic heterocycles. The molecule has 2 spiro atoms. The van der Waals surface area contributed by atoms with Crippen molar-refractivity contribution in [2.45, 2.75) is 82.9 Å². The van der Waals surface area contributed by atoms with Crippen molar-refractivity contribution >= 4 is 5.78 Å². The Bertz CT molecular complexity index is 397. The molecule has 2 saturated carbocycles. The summed E-state index contributed by atoms with van der Waals surface area (Å²) in [6, 6.07) is 0. The van der Waals surface area contributed by atoms with E-state index in [1.807, 2.05) is 6.92 Å². The first-order valence-electron chi connectivity index (χ1n) is 8.73. The third kappa shape index (κ3) is 4.76. The molecule has 2 heterocycles. The third-order valence-electron chi connectivity index (χ3n) is 5.29. The predicted octanol–water partition coefficient (Wildman–Crippen LogP) is 2.56. The van der Waals surface area contributed by atoms with Gasteiger partial charge in [0, 0.05) is 38.5 Å². The van der Waals surface area contributed by atoms with E-state index in [2.05, 4.69) is 0 Å². The number of Topliss-reactive ketones (excluding diaryl/α,β-unsaturated/α-hetero) is 1. The Kier molecular flexibility index (Phi) is 6.42. The molecule has 0 unspecified atom stereocenters. The lowest BCUT2D eigenvalue weighted by Crippen LogP contribution is -2.41. The van der Waals surface area contributed by atoms with Crippen molar-refractivity contribution in [1.29, 1.82) is 0 Å². The molecule has 2 saturated heterocycles. The van der Waals surface area contributed by atoms with E-state index in [0.29, 0.717) is 45.1 Å². The average Bonchev–Trinajstić information content (AvgIpc) is 3.18. The topological polar surface area (TPSA) is 74.2 Å². The van der Waals surface area contributed by atoms with Crippen LogP contribution in [0.25, 0.3) is 0 Å². The molecule has 0 amide bonds. The minimum Gasteiger partial charge on any atom is -0.390 e. The highest BCUT2D eigenvalue weighted by atomic mass is 16.7. The summed E-state index contributed by atoms with van der Waals surface area (Å²) in [6.45, 7) is 4.68. The first-order valence-corrected chi connectivity index (χ1v) is 8.73. The van der Waals surface area contributed by atoms with Gasteiger partial charge in [0.1, 0.15) is 5.78 Å². The second-order valence-corrected chi connectivity index (χ2v) is 7.25. The van der Waals surface area contributed by atoms with Gasteiger partial charge in [0.15, 0.2) is 11.6 Å². The molecule has 0 atom stereocenters. The van der Waals surface area contributed by atoms with Gasteiger partial charge >= 0.3 is 0 Å². The third-order valence-corrected chi connectivity index (χ3v) is 5.29. The number of aliphatic hydroxyl groups is 1. The van der Waals surface area contributed by atoms with Crippen LogP contribution in [0.4, 0.5) is 0 Å². The lowest BCUT2D eigenvalue weighted by Gasteiger charge is -2.38. The van der Waals surface area contributed by atoms with Crippen molar-refractivity contribution < 1.29 is 28.8 Å². The van der Waals surface area contributed by atoms with Gasteiger partial charge in [0.2, 0.25) is 0 Å². The summed E-state index contributed by atoms with van der Waals surface area (Å²) >= 11 is 0. The number of carbonyl (C=O) groups excluding carboxylic acids is 1. The maximum absolute atomic E-state index is 10.9. The van der Waals surface area contributed by atoms with Crippen molar-refractivity contribution in [3.8, 4) is 0 Å². The van der Waals surface area contributed by atoms with Crippen LogP contribution in [0, 0.1) is 0 Å². The lowest BCUT2D eigenvalue weighted by atomic mass is 9.83. The van der Waals surface area contributed by atoms with Gasteiger partial charge in [-0.2, -0.15) is 0 Å². The summed E-state index contributed by atoms with van der Waals surface area (Å²) in [6.07, 6.45) is 6.00. The Labute approximate surface area is 144 Å². The summed E-state index contributed by atoms with van der Waals surface area (Å²) in [5.41, 5.74) is -0.499. The molecule has 4 rings (SSSR count). The zero-order chi connectivity index (χ0) is 16.4. The van der Waals surface area contributed by atoms with Gasteiger partial charge in [-0.05, 0) is 19.8 Å². The molecule has 0 bridgehead atoms. The molecule has 0 radical (unpaired) electrons. The fourth-order valence-corrected chi connectivity index (χ4v) is 3.65. The highest BCUT2D eigenvalue weighted by Gasteiger charge is 2.43. The van der Waals surface area contributed by atoms with E-state index in [9.17, 15) is 9.90 Å². The van der Waals surface area contributed by atoms with E-state index in [0.717, 1.165) is 38.5 Å². The number of ether oxygens (including phenoxy) is 4. The van der Waals surface area contributed by atoms with Crippen LogP contribution < -0.4 is 0 Å². The molecule has 4 fully saturated rings. The largest absolute Gasteiger partial charge is 0.390 e. The number of hydrogen-bond acceptors (Lipinski definition) is 6. The van der Waals surface area contributed by atoms with Gasteiger partial charge in [-0.25, -0.2) is 0 Å². The molecule has 2 aliphatic carbocycles. The second-order valence-electron chi connectivity index (χ2n) is 7.25. The summed E-state index contributed by atoms with van der Waals surface area (Å²) < 4.78 is 22.0. The standard InChI is InChI=1S/C9H16O3.C8H12O3.CH4/c1-8(10)2-4-9(5-3-8)11-6-7-12-9;9-7-1-3-8(4-2-7)10-5-6-11-8;/h10H,2-7H2,1H3;1-6H2;1H4. The van der Waals surface area contributed by atoms with Gasteiger partial charge < -0.3 is 24.1 Å². The molecular formula is C18H32O6. The second kappa shape index (κ2) is 7.79. The molecule has 6 heteroatoms. The van der Waals surface area contributed by atoms with Crippen LogP contribution in [0.3, 0.4) is 0 Å². The summed E-state index contributed by atoms with van der Waals surface area (Å²) in [4.78, 5) is 10.9. The molecule has 0 aromatic heterocycles. The Morgan fingerprint density at radius 2 is 1.12 bits per heavy atom. The summed E-state index contributed by atoms with van der Waals surface area (Å²) in [7, 11) is 0. The maximum atomic E-state index is 10.9. The lowest BCUT2D eigenvalue weighted by molar-refractivity contribution is -0.199. The normalized spacial score (nSPS) is 29.8. The summed E-state index contributed by atoms with van der Waals surface area (Å²) in [5, 5.41) is 9.71. The van der Waals surface area contributed by atoms with Crippen LogP contribution in [0.1, 0.15) is 65.7 Å². The fourth-order valence-electron chi connectivity index (χ4n) is 3.65. The van der Waals surface area contributed by atoms with Crippen molar-refractivity contribution in [3.05, 3.63) is 0 Å². The number of ketones is 1. The van der Waals surface area contributed by atoms with Crippen LogP contribution in [0.2, 0.25) is 0 Å². The predicted molar refractivity (Wildman–Crippen MR) is 88.6 cm³/mol. The van der Waals surface area contributed by atoms with Crippen molar-refractivity contribution in [2.24, 2.45) is 0 Å². The molecule has 24 heavy (non-hydrogen) atoms. The van der Waals surface area contributed by atoms with Crippen molar-refractivity contribution in [3.63, 3.8) is 0 Å². The Morgan fingerprint density at radius 3 is 1.54 bits per heavy atom. The monoisotopic (exact) mass is 344 g/mol. The molecule has 4 aliphatic rings. The van der Waals surface area contributed by atoms with Crippen molar-refractivity contribution in [1.82, 2.24) is 0 Å². The van der Waals surface area contributed by atoms with Gasteiger partial charge in [-0.1, -0.05) is 7.43 Å². The Hall–Kier alpha value is -0.530. The van der Waals surface area contributed by atoms with Gasteiger partial charge in [-0.15, -0.1) is 0 Å². The van der Waals surface area contributed by atoms with Gasteiger partial charge in [-0.3, -0.25) is 4.79 Å². The van der Waals surface area contributed by atoms with Crippen LogP contribution in [0.5, 0.6) is 0 Å². The van der Waals surface area contributed by atoms with Gasteiger partial charge in [0.05, 0.1) is 32.0 Å². The first-order chi connectivity index (χ1) is 10.9. The maximum Gasteiger partial charge on any atom is 0.169 e. The highest BCUT2D eigenvalue weighted by molar-refractivity contribution is 5.79. The molecule has 0 aromatic rings. The van der Waals surface area contributed by atoms with Gasteiger partial charge in [0.25, 0.3) is 0 Å². The van der Waals surface area contributed by atoms with Crippen molar-refractivity contribution in [2.75, 3.05) is 26.4 Å². The number of hydrogen-bond donors (Lipinski definition) is 1. The minimum atomic E-state index is -0.499. The molecule has 6 nitrogen and oxygen atoms in total. The first kappa shape index (κ1) is 19.8. The van der Waals surface area contributed by atoms with Crippen LogP contribution in [-0.2, 0) is 23.7 Å². The molecular weight excluding hydrogens is 312 g/mol. The van der Waals surface area contributed by atoms with Crippen LogP contribution in [0.15, 0.2) is 0 Å². The average molecular weight is 344 g/mol. The summed E-state index contributed by atoms with van der Waals surface area (Å²) in [5.74, 6) is -0.356. The number of rotatable bonds is 0. The van der Waals surface area contributed by atoms with E-state index in [4.69, 9.17) is 18.9 Å². The number of carbonyl (C=O) groups is 1.